The van der Waals surface area contributed by atoms with Crippen molar-refractivity contribution < 1.29 is 34.5 Å². The van der Waals surface area contributed by atoms with Gasteiger partial charge in [0, 0.05) is 6.54 Å². The summed E-state index contributed by atoms with van der Waals surface area (Å²) in [5, 5.41) is 33.0. The largest absolute Gasteiger partial charge is 0.480 e. The predicted molar refractivity (Wildman–Crippen MR) is 106 cm³/mol. The number of carbonyl (C=O) groups is 4. The second-order valence-electron chi connectivity index (χ2n) is 7.38. The maximum atomic E-state index is 12.6. The lowest BCUT2D eigenvalue weighted by Crippen LogP contribution is -2.58. The Hall–Kier alpha value is -2.28. The van der Waals surface area contributed by atoms with Gasteiger partial charge in [-0.3, -0.25) is 14.4 Å². The van der Waals surface area contributed by atoms with E-state index in [2.05, 4.69) is 10.6 Å². The molecule has 1 aliphatic heterocycles. The van der Waals surface area contributed by atoms with E-state index < -0.39 is 60.6 Å². The van der Waals surface area contributed by atoms with Gasteiger partial charge in [-0.1, -0.05) is 0 Å². The van der Waals surface area contributed by atoms with Gasteiger partial charge in [-0.15, -0.1) is 0 Å². The third-order valence-electron chi connectivity index (χ3n) is 5.02. The van der Waals surface area contributed by atoms with Crippen LogP contribution in [-0.4, -0.2) is 93.9 Å². The lowest BCUT2D eigenvalue weighted by atomic mass is 10.1. The van der Waals surface area contributed by atoms with Crippen LogP contribution in [0.5, 0.6) is 0 Å². The summed E-state index contributed by atoms with van der Waals surface area (Å²) in [4.78, 5) is 50.0. The summed E-state index contributed by atoms with van der Waals surface area (Å²) in [6.45, 7) is 1.29. The number of hydrogen-bond donors (Lipinski definition) is 7. The highest BCUT2D eigenvalue weighted by Gasteiger charge is 2.38. The van der Waals surface area contributed by atoms with Gasteiger partial charge < -0.3 is 42.3 Å². The quantitative estimate of drug-likeness (QED) is 0.155. The Bertz CT molecular complexity index is 616. The Morgan fingerprint density at radius 2 is 1.83 bits per heavy atom. The van der Waals surface area contributed by atoms with Crippen LogP contribution >= 0.6 is 0 Å². The van der Waals surface area contributed by atoms with Gasteiger partial charge in [-0.2, -0.15) is 0 Å². The van der Waals surface area contributed by atoms with E-state index >= 15 is 0 Å². The molecule has 0 aromatic carbocycles. The minimum Gasteiger partial charge on any atom is -0.480 e. The second kappa shape index (κ2) is 12.4. The van der Waals surface area contributed by atoms with E-state index in [-0.39, 0.29) is 13.0 Å². The normalized spacial score (nSPS) is 20.2. The summed E-state index contributed by atoms with van der Waals surface area (Å²) >= 11 is 0. The minimum atomic E-state index is -1.38. The number of amides is 3. The van der Waals surface area contributed by atoms with Crippen LogP contribution in [0.15, 0.2) is 0 Å². The van der Waals surface area contributed by atoms with E-state index in [9.17, 15) is 34.5 Å². The van der Waals surface area contributed by atoms with Crippen LogP contribution < -0.4 is 22.1 Å². The smallest absolute Gasteiger partial charge is 0.326 e. The first-order chi connectivity index (χ1) is 14.1. The number of nitrogens with two attached hydrogens (primary N) is 2. The first-order valence-corrected chi connectivity index (χ1v) is 10.0. The maximum absolute atomic E-state index is 12.6. The molecule has 0 spiro atoms. The Labute approximate surface area is 175 Å². The van der Waals surface area contributed by atoms with Crippen LogP contribution in [0.3, 0.4) is 0 Å². The highest BCUT2D eigenvalue weighted by molar-refractivity contribution is 5.94. The molecule has 12 heteroatoms. The molecule has 1 rings (SSSR count). The lowest BCUT2D eigenvalue weighted by Gasteiger charge is -2.29. The molecule has 5 unspecified atom stereocenters. The molecule has 1 heterocycles. The highest BCUT2D eigenvalue weighted by Crippen LogP contribution is 2.19. The molecule has 12 nitrogen and oxygen atoms in total. The fourth-order valence-electron chi connectivity index (χ4n) is 3.19. The maximum Gasteiger partial charge on any atom is 0.326 e. The third kappa shape index (κ3) is 7.20. The molecule has 0 saturated carbocycles. The average Bonchev–Trinajstić information content (AvgIpc) is 3.19. The van der Waals surface area contributed by atoms with E-state index in [1.165, 1.54) is 11.8 Å². The van der Waals surface area contributed by atoms with Crippen molar-refractivity contribution in [2.24, 2.45) is 11.5 Å². The van der Waals surface area contributed by atoms with E-state index in [1.54, 1.807) is 0 Å². The van der Waals surface area contributed by atoms with Gasteiger partial charge in [0.1, 0.15) is 24.2 Å². The third-order valence-corrected chi connectivity index (χ3v) is 5.02. The van der Waals surface area contributed by atoms with Crippen molar-refractivity contribution in [2.75, 3.05) is 19.7 Å². The summed E-state index contributed by atoms with van der Waals surface area (Å²) in [5.41, 5.74) is 11.0. The Morgan fingerprint density at radius 3 is 2.37 bits per heavy atom. The fraction of sp³-hybridized carbons (Fsp3) is 0.778. The molecule has 0 radical (unpaired) electrons. The molecule has 0 aromatic heterocycles. The summed E-state index contributed by atoms with van der Waals surface area (Å²) < 4.78 is 0. The van der Waals surface area contributed by atoms with E-state index in [0.29, 0.717) is 32.2 Å². The molecular weight excluding hydrogens is 398 g/mol. The molecule has 0 aromatic rings. The van der Waals surface area contributed by atoms with Gasteiger partial charge in [0.2, 0.25) is 17.7 Å². The van der Waals surface area contributed by atoms with Gasteiger partial charge in [0.05, 0.1) is 12.7 Å². The van der Waals surface area contributed by atoms with Crippen molar-refractivity contribution in [3.8, 4) is 0 Å². The number of aliphatic hydroxyl groups excluding tert-OH is 2. The number of aliphatic hydroxyl groups is 2. The van der Waals surface area contributed by atoms with Crippen molar-refractivity contribution in [1.29, 1.82) is 0 Å². The standard InChI is InChI=1S/C18H33N5O7/c1-10(25)14(20)17(28)23-8-4-6-13(23)16(27)22-12(9-24)15(26)21-11(18(29)30)5-2-3-7-19/h10-14,24-25H,2-9,19-20H2,1H3,(H,21,26)(H,22,27)(H,29,30). The molecule has 30 heavy (non-hydrogen) atoms. The Morgan fingerprint density at radius 1 is 1.17 bits per heavy atom. The van der Waals surface area contributed by atoms with Crippen molar-refractivity contribution in [3.63, 3.8) is 0 Å². The lowest BCUT2D eigenvalue weighted by molar-refractivity contribution is -0.144. The molecule has 1 fully saturated rings. The summed E-state index contributed by atoms with van der Waals surface area (Å²) in [7, 11) is 0. The average molecular weight is 431 g/mol. The molecular formula is C18H33N5O7. The SMILES string of the molecule is CC(O)C(N)C(=O)N1CCCC1C(=O)NC(CO)C(=O)NC(CCCCN)C(=O)O. The van der Waals surface area contributed by atoms with Crippen LogP contribution in [0, 0.1) is 0 Å². The molecule has 3 amide bonds. The number of carboxylic acids is 1. The van der Waals surface area contributed by atoms with E-state index in [4.69, 9.17) is 11.5 Å². The van der Waals surface area contributed by atoms with Gasteiger partial charge >= 0.3 is 5.97 Å². The fourth-order valence-corrected chi connectivity index (χ4v) is 3.19. The molecule has 0 aliphatic carbocycles. The summed E-state index contributed by atoms with van der Waals surface area (Å²) in [6.07, 6.45) is 1.03. The monoisotopic (exact) mass is 431 g/mol. The first kappa shape index (κ1) is 25.8. The Balaban J connectivity index is 2.75. The summed E-state index contributed by atoms with van der Waals surface area (Å²) in [6, 6.07) is -4.63. The number of unbranched alkanes of at least 4 members (excludes halogenated alkanes) is 1. The zero-order valence-corrected chi connectivity index (χ0v) is 17.1. The van der Waals surface area contributed by atoms with Crippen molar-refractivity contribution >= 4 is 23.7 Å². The number of nitrogens with one attached hydrogen (secondary N) is 2. The Kier molecular flexibility index (Phi) is 10.7. The topological polar surface area (TPSA) is 208 Å². The number of nitrogens with zero attached hydrogens (tertiary/aromatic N) is 1. The molecule has 0 bridgehead atoms. The number of carbonyl (C=O) groups excluding carboxylic acids is 3. The zero-order chi connectivity index (χ0) is 22.8. The van der Waals surface area contributed by atoms with Gasteiger partial charge in [0.25, 0.3) is 0 Å². The second-order valence-corrected chi connectivity index (χ2v) is 7.38. The van der Waals surface area contributed by atoms with Gasteiger partial charge in [-0.25, -0.2) is 4.79 Å². The van der Waals surface area contributed by atoms with Gasteiger partial charge in [-0.05, 0) is 45.6 Å². The van der Waals surface area contributed by atoms with Gasteiger partial charge in [0.15, 0.2) is 0 Å². The van der Waals surface area contributed by atoms with Crippen LogP contribution in [0.4, 0.5) is 0 Å². The molecule has 1 aliphatic rings. The van der Waals surface area contributed by atoms with Crippen molar-refractivity contribution in [1.82, 2.24) is 15.5 Å². The number of hydrogen-bond acceptors (Lipinski definition) is 8. The highest BCUT2D eigenvalue weighted by atomic mass is 16.4. The molecule has 9 N–H and O–H groups in total. The molecule has 5 atom stereocenters. The van der Waals surface area contributed by atoms with Crippen LogP contribution in [-0.2, 0) is 19.2 Å². The zero-order valence-electron chi connectivity index (χ0n) is 17.1. The van der Waals surface area contributed by atoms with E-state index in [0.717, 1.165) is 0 Å². The number of rotatable bonds is 12. The number of aliphatic carboxylic acids is 1. The molecule has 1 saturated heterocycles. The number of carboxylic acid groups (broad SMARTS) is 1. The first-order valence-electron chi connectivity index (χ1n) is 10.0. The number of likely N-dealkylation sites (tertiary alicyclic amines) is 1. The summed E-state index contributed by atoms with van der Waals surface area (Å²) in [5.74, 6) is -3.33. The van der Waals surface area contributed by atoms with Crippen molar-refractivity contribution in [2.45, 2.75) is 69.3 Å². The van der Waals surface area contributed by atoms with Crippen LogP contribution in [0.25, 0.3) is 0 Å². The predicted octanol–water partition coefficient (Wildman–Crippen LogP) is -3.14. The van der Waals surface area contributed by atoms with Crippen molar-refractivity contribution in [3.05, 3.63) is 0 Å². The molecule has 172 valence electrons. The van der Waals surface area contributed by atoms with Crippen LogP contribution in [0.2, 0.25) is 0 Å². The minimum absolute atomic E-state index is 0.159. The van der Waals surface area contributed by atoms with E-state index in [1.807, 2.05) is 0 Å². The van der Waals surface area contributed by atoms with Crippen LogP contribution in [0.1, 0.15) is 39.0 Å².